The van der Waals surface area contributed by atoms with Crippen LogP contribution in [0.4, 0.5) is 0 Å². The van der Waals surface area contributed by atoms with Gasteiger partial charge in [-0.3, -0.25) is 4.98 Å². The molecule has 0 amide bonds. The molecule has 4 aliphatic rings. The van der Waals surface area contributed by atoms with Gasteiger partial charge in [-0.1, -0.05) is 19.9 Å². The van der Waals surface area contributed by atoms with Gasteiger partial charge in [0.25, 0.3) is 0 Å². The van der Waals surface area contributed by atoms with Crippen molar-refractivity contribution < 1.29 is 0 Å². The van der Waals surface area contributed by atoms with Gasteiger partial charge in [0.2, 0.25) is 0 Å². The van der Waals surface area contributed by atoms with Gasteiger partial charge in [-0.15, -0.1) is 0 Å². The molecular weight excluding hydrogens is 340 g/mol. The molecule has 3 fully saturated rings. The predicted octanol–water partition coefficient (Wildman–Crippen LogP) is 6.01. The second kappa shape index (κ2) is 6.69. The molecule has 2 nitrogen and oxygen atoms in total. The highest BCUT2D eigenvalue weighted by atomic mass is 14.9. The van der Waals surface area contributed by atoms with E-state index < -0.39 is 0 Å². The van der Waals surface area contributed by atoms with Crippen LogP contribution in [-0.4, -0.2) is 18.1 Å². The monoisotopic (exact) mass is 378 g/mol. The quantitative estimate of drug-likeness (QED) is 0.681. The molecule has 0 bridgehead atoms. The molecule has 2 heteroatoms. The second-order valence-corrected chi connectivity index (χ2v) is 11.0. The largest absolute Gasteiger partial charge is 0.317 e. The maximum absolute atomic E-state index is 4.51. The van der Waals surface area contributed by atoms with Crippen LogP contribution >= 0.6 is 0 Å². The third-order valence-electron chi connectivity index (χ3n) is 9.84. The lowest BCUT2D eigenvalue weighted by Gasteiger charge is -2.61. The number of pyridine rings is 1. The van der Waals surface area contributed by atoms with Crippen molar-refractivity contribution in [1.82, 2.24) is 10.3 Å². The molecule has 0 spiro atoms. The Balaban J connectivity index is 1.42. The van der Waals surface area contributed by atoms with Crippen LogP contribution in [0.1, 0.15) is 76.3 Å². The summed E-state index contributed by atoms with van der Waals surface area (Å²) in [6, 6.07) is 3.12. The van der Waals surface area contributed by atoms with Gasteiger partial charge in [-0.2, -0.15) is 0 Å². The number of rotatable bonds is 2. The second-order valence-electron chi connectivity index (χ2n) is 11.0. The van der Waals surface area contributed by atoms with Gasteiger partial charge >= 0.3 is 0 Å². The lowest BCUT2D eigenvalue weighted by atomic mass is 9.44. The van der Waals surface area contributed by atoms with Gasteiger partial charge < -0.3 is 5.32 Å². The summed E-state index contributed by atoms with van der Waals surface area (Å²) in [5.41, 5.74) is 5.23. The molecule has 0 aromatic carbocycles. The molecule has 0 aliphatic heterocycles. The summed E-state index contributed by atoms with van der Waals surface area (Å²) >= 11 is 0. The smallest absolute Gasteiger partial charge is 0.0343 e. The number of hydrogen-bond donors (Lipinski definition) is 1. The normalized spacial score (nSPS) is 45.0. The van der Waals surface area contributed by atoms with Crippen molar-refractivity contribution >= 4 is 5.57 Å². The van der Waals surface area contributed by atoms with Gasteiger partial charge in [0, 0.05) is 18.4 Å². The molecule has 4 aliphatic carbocycles. The van der Waals surface area contributed by atoms with Gasteiger partial charge in [0.1, 0.15) is 0 Å². The van der Waals surface area contributed by atoms with Crippen LogP contribution < -0.4 is 5.32 Å². The Hall–Kier alpha value is -1.15. The predicted molar refractivity (Wildman–Crippen MR) is 117 cm³/mol. The number of aryl methyl sites for hydroxylation is 1. The Labute approximate surface area is 171 Å². The Morgan fingerprint density at radius 3 is 2.68 bits per heavy atom. The highest BCUT2D eigenvalue weighted by Crippen LogP contribution is 2.67. The minimum Gasteiger partial charge on any atom is -0.317 e. The van der Waals surface area contributed by atoms with E-state index in [1.54, 1.807) is 5.57 Å². The first-order chi connectivity index (χ1) is 13.5. The summed E-state index contributed by atoms with van der Waals surface area (Å²) in [6.45, 7) is 7.44. The average molecular weight is 379 g/mol. The van der Waals surface area contributed by atoms with Gasteiger partial charge in [-0.25, -0.2) is 0 Å². The van der Waals surface area contributed by atoms with E-state index in [1.165, 1.54) is 62.5 Å². The first-order valence-electron chi connectivity index (χ1n) is 11.8. The lowest BCUT2D eigenvalue weighted by molar-refractivity contribution is -0.0996. The molecule has 3 saturated carbocycles. The van der Waals surface area contributed by atoms with Gasteiger partial charge in [-0.05, 0) is 123 Å². The molecule has 1 heterocycles. The van der Waals surface area contributed by atoms with E-state index in [1.807, 2.05) is 6.20 Å². The maximum Gasteiger partial charge on any atom is 0.0343 e. The molecule has 0 radical (unpaired) electrons. The van der Waals surface area contributed by atoms with Crippen LogP contribution in [0.15, 0.2) is 24.5 Å². The van der Waals surface area contributed by atoms with Crippen molar-refractivity contribution in [3.63, 3.8) is 0 Å². The molecule has 5 rings (SSSR count). The Bertz CT molecular complexity index is 782. The topological polar surface area (TPSA) is 24.9 Å². The van der Waals surface area contributed by atoms with Crippen molar-refractivity contribution in [2.75, 3.05) is 7.05 Å². The molecule has 152 valence electrons. The zero-order valence-corrected chi connectivity index (χ0v) is 18.3. The minimum atomic E-state index is 0.363. The summed E-state index contributed by atoms with van der Waals surface area (Å²) < 4.78 is 0. The fourth-order valence-corrected chi connectivity index (χ4v) is 8.24. The van der Waals surface area contributed by atoms with Crippen molar-refractivity contribution in [2.24, 2.45) is 34.5 Å². The van der Waals surface area contributed by atoms with E-state index in [-0.39, 0.29) is 0 Å². The Morgan fingerprint density at radius 1 is 1.04 bits per heavy atom. The van der Waals surface area contributed by atoms with Crippen LogP contribution in [0.5, 0.6) is 0 Å². The highest BCUT2D eigenvalue weighted by molar-refractivity contribution is 5.72. The summed E-state index contributed by atoms with van der Waals surface area (Å²) in [7, 11) is 2.16. The third kappa shape index (κ3) is 2.66. The molecule has 28 heavy (non-hydrogen) atoms. The number of nitrogens with zero attached hydrogens (tertiary/aromatic N) is 1. The van der Waals surface area contributed by atoms with Crippen molar-refractivity contribution in [2.45, 2.75) is 78.2 Å². The standard InChI is InChI=1S/C26H38N2/c1-17-13-18(16-28-15-17)22-7-8-23-21-6-5-19-14-20(27-4)9-11-25(19,2)24(21)10-12-26(22,23)3/h7,13,15-16,19-21,23-24,27H,5-6,8-12,14H2,1-4H3/t19?,20?,21-,23-,24-,25-,26+/m0/s1. The summed E-state index contributed by atoms with van der Waals surface area (Å²) in [5, 5.41) is 3.58. The van der Waals surface area contributed by atoms with E-state index in [2.05, 4.69) is 56.5 Å². The molecule has 1 aromatic rings. The number of aromatic nitrogens is 1. The van der Waals surface area contributed by atoms with Crippen LogP contribution in [0.3, 0.4) is 0 Å². The summed E-state index contributed by atoms with van der Waals surface area (Å²) in [4.78, 5) is 4.51. The fraction of sp³-hybridized carbons (Fsp3) is 0.731. The van der Waals surface area contributed by atoms with E-state index in [0.29, 0.717) is 10.8 Å². The minimum absolute atomic E-state index is 0.363. The van der Waals surface area contributed by atoms with Crippen molar-refractivity contribution in [3.8, 4) is 0 Å². The molecular formula is C26H38N2. The highest BCUT2D eigenvalue weighted by Gasteiger charge is 2.58. The van der Waals surface area contributed by atoms with Crippen molar-refractivity contribution in [3.05, 3.63) is 35.7 Å². The van der Waals surface area contributed by atoms with Gasteiger partial charge in [0.05, 0.1) is 0 Å². The van der Waals surface area contributed by atoms with Crippen LogP contribution in [-0.2, 0) is 0 Å². The Kier molecular flexibility index (Phi) is 4.50. The van der Waals surface area contributed by atoms with E-state index in [4.69, 9.17) is 0 Å². The Morgan fingerprint density at radius 2 is 1.89 bits per heavy atom. The van der Waals surface area contributed by atoms with Crippen LogP contribution in [0, 0.1) is 41.4 Å². The van der Waals surface area contributed by atoms with Crippen LogP contribution in [0.25, 0.3) is 5.57 Å². The molecule has 2 unspecified atom stereocenters. The summed E-state index contributed by atoms with van der Waals surface area (Å²) in [6.07, 6.45) is 18.0. The van der Waals surface area contributed by atoms with E-state index >= 15 is 0 Å². The average Bonchev–Trinajstić information content (AvgIpc) is 3.04. The van der Waals surface area contributed by atoms with Crippen molar-refractivity contribution in [1.29, 1.82) is 0 Å². The fourth-order valence-electron chi connectivity index (χ4n) is 8.24. The zero-order chi connectivity index (χ0) is 19.5. The summed E-state index contributed by atoms with van der Waals surface area (Å²) in [5.74, 6) is 3.67. The number of nitrogens with one attached hydrogen (secondary N) is 1. The van der Waals surface area contributed by atoms with Crippen LogP contribution in [0.2, 0.25) is 0 Å². The third-order valence-corrected chi connectivity index (χ3v) is 9.84. The number of hydrogen-bond acceptors (Lipinski definition) is 2. The first kappa shape index (κ1) is 18.9. The van der Waals surface area contributed by atoms with Gasteiger partial charge in [0.15, 0.2) is 0 Å². The zero-order valence-electron chi connectivity index (χ0n) is 18.3. The molecule has 0 saturated heterocycles. The number of allylic oxidation sites excluding steroid dienone is 2. The first-order valence-corrected chi connectivity index (χ1v) is 11.8. The lowest BCUT2D eigenvalue weighted by Crippen LogP contribution is -2.54. The molecule has 1 N–H and O–H groups in total. The SMILES string of the molecule is CNC1CC[C@@]2(C)C(CC[C@@H]3[C@@H]2CC[C@]2(C)C(c4cncc(C)c4)=CC[C@@H]32)C1. The van der Waals surface area contributed by atoms with E-state index in [9.17, 15) is 0 Å². The maximum atomic E-state index is 4.51. The molecule has 1 aromatic heterocycles. The van der Waals surface area contributed by atoms with E-state index in [0.717, 1.165) is 29.7 Å². The molecule has 7 atom stereocenters. The number of fused-ring (bicyclic) bond motifs is 5.